The van der Waals surface area contributed by atoms with Crippen LogP contribution in [0.5, 0.6) is 0 Å². The molecule has 7 heteroatoms. The number of nitrogens with one attached hydrogen (secondary N) is 1. The highest BCUT2D eigenvalue weighted by atomic mass is 32.2. The zero-order chi connectivity index (χ0) is 16.8. The molecule has 1 aliphatic heterocycles. The summed E-state index contributed by atoms with van der Waals surface area (Å²) in [6.45, 7) is 3.87. The lowest BCUT2D eigenvalue weighted by Crippen LogP contribution is -2.36. The third-order valence-corrected chi connectivity index (χ3v) is 5.00. The molecule has 1 aliphatic rings. The van der Waals surface area contributed by atoms with Gasteiger partial charge < -0.3 is 16.0 Å². The van der Waals surface area contributed by atoms with E-state index in [0.717, 1.165) is 13.0 Å². The van der Waals surface area contributed by atoms with Crippen molar-refractivity contribution >= 4 is 29.3 Å². The van der Waals surface area contributed by atoms with Crippen LogP contribution in [0.15, 0.2) is 24.3 Å². The molecule has 2 amide bonds. The third-order valence-electron chi connectivity index (χ3n) is 3.87. The van der Waals surface area contributed by atoms with Crippen molar-refractivity contribution < 1.29 is 14.0 Å². The Hall–Kier alpha value is -1.60. The predicted octanol–water partition coefficient (Wildman–Crippen LogP) is 1.69. The summed E-state index contributed by atoms with van der Waals surface area (Å²) in [7, 11) is 0. The van der Waals surface area contributed by atoms with Gasteiger partial charge in [-0.05, 0) is 50.1 Å². The SMILES string of the molecule is CC(SCC(=O)Nc1ccc(F)cc1)C(=O)N1CCC(CN)C1. The molecule has 23 heavy (non-hydrogen) atoms. The second-order valence-electron chi connectivity index (χ2n) is 5.68. The molecule has 0 bridgehead atoms. The Morgan fingerprint density at radius 3 is 2.74 bits per heavy atom. The lowest BCUT2D eigenvalue weighted by Gasteiger charge is -2.20. The largest absolute Gasteiger partial charge is 0.341 e. The number of nitrogens with two attached hydrogens (primary N) is 1. The molecule has 0 saturated carbocycles. The highest BCUT2D eigenvalue weighted by Crippen LogP contribution is 2.20. The second-order valence-corrected chi connectivity index (χ2v) is 7.01. The van der Waals surface area contributed by atoms with Crippen molar-refractivity contribution in [2.45, 2.75) is 18.6 Å². The lowest BCUT2D eigenvalue weighted by atomic mass is 10.1. The molecule has 0 spiro atoms. The molecule has 126 valence electrons. The van der Waals surface area contributed by atoms with Gasteiger partial charge in [0, 0.05) is 18.8 Å². The van der Waals surface area contributed by atoms with Gasteiger partial charge in [-0.15, -0.1) is 11.8 Å². The van der Waals surface area contributed by atoms with E-state index in [0.29, 0.717) is 24.7 Å². The molecule has 5 nitrogen and oxygen atoms in total. The van der Waals surface area contributed by atoms with Gasteiger partial charge >= 0.3 is 0 Å². The van der Waals surface area contributed by atoms with Gasteiger partial charge in [-0.3, -0.25) is 9.59 Å². The molecule has 1 saturated heterocycles. The van der Waals surface area contributed by atoms with Gasteiger partial charge in [0.05, 0.1) is 11.0 Å². The number of anilines is 1. The van der Waals surface area contributed by atoms with E-state index in [2.05, 4.69) is 5.32 Å². The van der Waals surface area contributed by atoms with Gasteiger partial charge in [0.25, 0.3) is 0 Å². The van der Waals surface area contributed by atoms with Crippen LogP contribution in [-0.2, 0) is 9.59 Å². The van der Waals surface area contributed by atoms with Gasteiger partial charge in [0.2, 0.25) is 11.8 Å². The van der Waals surface area contributed by atoms with E-state index in [1.807, 2.05) is 11.8 Å². The number of thioether (sulfide) groups is 1. The number of carbonyl (C=O) groups is 2. The Morgan fingerprint density at radius 2 is 2.13 bits per heavy atom. The van der Waals surface area contributed by atoms with Gasteiger partial charge in [-0.2, -0.15) is 0 Å². The van der Waals surface area contributed by atoms with Crippen molar-refractivity contribution in [1.82, 2.24) is 4.90 Å². The standard InChI is InChI=1S/C16H22FN3O2S/c1-11(16(22)20-7-6-12(8-18)9-20)23-10-15(21)19-14-4-2-13(17)3-5-14/h2-5,11-12H,6-10,18H2,1H3,(H,19,21). The number of nitrogens with zero attached hydrogens (tertiary/aromatic N) is 1. The molecule has 0 aromatic heterocycles. The van der Waals surface area contributed by atoms with E-state index in [9.17, 15) is 14.0 Å². The van der Waals surface area contributed by atoms with Crippen LogP contribution >= 0.6 is 11.8 Å². The summed E-state index contributed by atoms with van der Waals surface area (Å²) in [5.74, 6) is 0.0669. The monoisotopic (exact) mass is 339 g/mol. The average molecular weight is 339 g/mol. The van der Waals surface area contributed by atoms with Crippen LogP contribution in [0.2, 0.25) is 0 Å². The van der Waals surface area contributed by atoms with Crippen LogP contribution < -0.4 is 11.1 Å². The lowest BCUT2D eigenvalue weighted by molar-refractivity contribution is -0.129. The molecule has 1 aromatic rings. The zero-order valence-electron chi connectivity index (χ0n) is 13.1. The Morgan fingerprint density at radius 1 is 1.43 bits per heavy atom. The van der Waals surface area contributed by atoms with Crippen LogP contribution in [0.25, 0.3) is 0 Å². The number of amides is 2. The van der Waals surface area contributed by atoms with Gasteiger partial charge in [-0.1, -0.05) is 0 Å². The first-order valence-electron chi connectivity index (χ1n) is 7.65. The smallest absolute Gasteiger partial charge is 0.235 e. The van der Waals surface area contributed by atoms with Crippen molar-refractivity contribution in [2.75, 3.05) is 30.7 Å². The van der Waals surface area contributed by atoms with Crippen LogP contribution in [-0.4, -0.2) is 47.4 Å². The maximum Gasteiger partial charge on any atom is 0.235 e. The van der Waals surface area contributed by atoms with Crippen LogP contribution in [0.3, 0.4) is 0 Å². The van der Waals surface area contributed by atoms with Crippen LogP contribution in [0.1, 0.15) is 13.3 Å². The second kappa shape index (κ2) is 8.31. The van der Waals surface area contributed by atoms with Gasteiger partial charge in [0.15, 0.2) is 0 Å². The average Bonchev–Trinajstić information content (AvgIpc) is 3.03. The Labute approximate surface area is 139 Å². The molecular formula is C16H22FN3O2S. The fourth-order valence-electron chi connectivity index (χ4n) is 2.48. The molecular weight excluding hydrogens is 317 g/mol. The number of hydrogen-bond acceptors (Lipinski definition) is 4. The highest BCUT2D eigenvalue weighted by molar-refractivity contribution is 8.01. The van der Waals surface area contributed by atoms with E-state index in [-0.39, 0.29) is 28.6 Å². The van der Waals surface area contributed by atoms with Crippen molar-refractivity contribution in [1.29, 1.82) is 0 Å². The van der Waals surface area contributed by atoms with E-state index in [4.69, 9.17) is 5.73 Å². The van der Waals surface area contributed by atoms with Crippen molar-refractivity contribution in [2.24, 2.45) is 11.7 Å². The van der Waals surface area contributed by atoms with E-state index < -0.39 is 0 Å². The molecule has 1 aromatic carbocycles. The van der Waals surface area contributed by atoms with Crippen molar-refractivity contribution in [3.05, 3.63) is 30.1 Å². The fraction of sp³-hybridized carbons (Fsp3) is 0.500. The number of likely N-dealkylation sites (tertiary alicyclic amines) is 1. The molecule has 2 rings (SSSR count). The first kappa shape index (κ1) is 17.7. The Kier molecular flexibility index (Phi) is 6.41. The summed E-state index contributed by atoms with van der Waals surface area (Å²) in [5.41, 5.74) is 6.18. The molecule has 1 fully saturated rings. The third kappa shape index (κ3) is 5.21. The maximum atomic E-state index is 12.8. The minimum absolute atomic E-state index is 0.0560. The first-order chi connectivity index (χ1) is 11.0. The Bertz CT molecular complexity index is 553. The summed E-state index contributed by atoms with van der Waals surface area (Å²) < 4.78 is 12.8. The summed E-state index contributed by atoms with van der Waals surface area (Å²) in [6.07, 6.45) is 0.949. The summed E-state index contributed by atoms with van der Waals surface area (Å²) in [6, 6.07) is 5.58. The number of hydrogen-bond donors (Lipinski definition) is 2. The van der Waals surface area contributed by atoms with Crippen LogP contribution in [0.4, 0.5) is 10.1 Å². The molecule has 2 unspecified atom stereocenters. The summed E-state index contributed by atoms with van der Waals surface area (Å²) in [5, 5.41) is 2.41. The summed E-state index contributed by atoms with van der Waals surface area (Å²) >= 11 is 1.30. The van der Waals surface area contributed by atoms with Crippen molar-refractivity contribution in [3.63, 3.8) is 0 Å². The summed E-state index contributed by atoms with van der Waals surface area (Å²) in [4.78, 5) is 26.0. The normalized spacial score (nSPS) is 18.7. The molecule has 1 heterocycles. The predicted molar refractivity (Wildman–Crippen MR) is 90.7 cm³/mol. The Balaban J connectivity index is 1.75. The number of carbonyl (C=O) groups excluding carboxylic acids is 2. The molecule has 2 atom stereocenters. The van der Waals surface area contributed by atoms with E-state index in [1.54, 1.807) is 0 Å². The van der Waals surface area contributed by atoms with Crippen molar-refractivity contribution in [3.8, 4) is 0 Å². The van der Waals surface area contributed by atoms with Crippen LogP contribution in [0, 0.1) is 11.7 Å². The number of benzene rings is 1. The molecule has 3 N–H and O–H groups in total. The molecule has 0 radical (unpaired) electrons. The van der Waals surface area contributed by atoms with Gasteiger partial charge in [0.1, 0.15) is 5.82 Å². The highest BCUT2D eigenvalue weighted by Gasteiger charge is 2.28. The maximum absolute atomic E-state index is 12.8. The minimum Gasteiger partial charge on any atom is -0.341 e. The zero-order valence-corrected chi connectivity index (χ0v) is 13.9. The van der Waals surface area contributed by atoms with E-state index in [1.165, 1.54) is 36.0 Å². The fourth-order valence-corrected chi connectivity index (χ4v) is 3.25. The van der Waals surface area contributed by atoms with Gasteiger partial charge in [-0.25, -0.2) is 4.39 Å². The van der Waals surface area contributed by atoms with E-state index >= 15 is 0 Å². The minimum atomic E-state index is -0.349. The number of halogens is 1. The first-order valence-corrected chi connectivity index (χ1v) is 8.70. The quantitative estimate of drug-likeness (QED) is 0.827. The number of rotatable bonds is 6. The molecule has 0 aliphatic carbocycles. The topological polar surface area (TPSA) is 75.4 Å².